The van der Waals surface area contributed by atoms with Crippen molar-refractivity contribution in [3.8, 4) is 17.3 Å². The summed E-state index contributed by atoms with van der Waals surface area (Å²) in [6, 6.07) is 2.65. The van der Waals surface area contributed by atoms with Gasteiger partial charge in [-0.1, -0.05) is 0 Å². The summed E-state index contributed by atoms with van der Waals surface area (Å²) in [5.74, 6) is 0.145. The largest absolute Gasteiger partial charge is 0.295 e. The van der Waals surface area contributed by atoms with Gasteiger partial charge in [0.1, 0.15) is 11.9 Å². The number of sulfonamides is 1. The summed E-state index contributed by atoms with van der Waals surface area (Å²) in [5, 5.41) is 21.8. The summed E-state index contributed by atoms with van der Waals surface area (Å²) in [7, 11) is -3.13. The molecule has 32 heavy (non-hydrogen) atoms. The first-order chi connectivity index (χ1) is 15.5. The molecule has 2 saturated heterocycles. The van der Waals surface area contributed by atoms with Crippen LogP contribution in [0.5, 0.6) is 0 Å². The molecular formula is C20H25N9O2S. The monoisotopic (exact) mass is 455 g/mol. The van der Waals surface area contributed by atoms with Crippen LogP contribution in [0.1, 0.15) is 26.2 Å². The van der Waals surface area contributed by atoms with E-state index in [0.29, 0.717) is 31.2 Å². The van der Waals surface area contributed by atoms with Crippen molar-refractivity contribution in [2.45, 2.75) is 37.8 Å². The molecule has 0 radical (unpaired) electrons. The second-order valence-corrected chi connectivity index (χ2v) is 10.8. The fraction of sp³-hybridized carbons (Fsp3) is 0.550. The van der Waals surface area contributed by atoms with Gasteiger partial charge in [-0.15, -0.1) is 0 Å². The third-order valence-corrected chi connectivity index (χ3v) is 8.57. The second kappa shape index (κ2) is 7.91. The Kier molecular flexibility index (Phi) is 5.19. The summed E-state index contributed by atoms with van der Waals surface area (Å²) in [6.07, 6.45) is 8.89. The predicted molar refractivity (Wildman–Crippen MR) is 117 cm³/mol. The topological polar surface area (TPSA) is 137 Å². The lowest BCUT2D eigenvalue weighted by Gasteiger charge is -2.53. The van der Waals surface area contributed by atoms with Crippen LogP contribution in [0.2, 0.25) is 0 Å². The molecule has 0 atom stereocenters. The molecule has 1 N–H and O–H groups in total. The van der Waals surface area contributed by atoms with Crippen LogP contribution in [0.15, 0.2) is 24.9 Å². The molecule has 0 saturated carbocycles. The fourth-order valence-electron chi connectivity index (χ4n) is 4.82. The van der Waals surface area contributed by atoms with Crippen molar-refractivity contribution in [3.05, 3.63) is 24.9 Å². The summed E-state index contributed by atoms with van der Waals surface area (Å²) in [5.41, 5.74) is 1.89. The van der Waals surface area contributed by atoms with E-state index in [4.69, 9.17) is 0 Å². The fourth-order valence-corrected chi connectivity index (χ4v) is 5.95. The van der Waals surface area contributed by atoms with Crippen LogP contribution in [0.25, 0.3) is 22.3 Å². The van der Waals surface area contributed by atoms with Crippen molar-refractivity contribution in [2.75, 3.05) is 31.9 Å². The standard InChI is InChI=1S/C20H25N9O2S/c1-2-32(30,31)28-7-3-16(4-8-28)27-12-20(13-27,5-6-21)29-11-15(9-25-29)18-17-10-24-26-19(17)23-14-22-18/h9-11,14,16H,2-5,7-8,12-13H2,1H3,(H,22,23,24,26). The number of likely N-dealkylation sites (tertiary alicyclic amines) is 1. The molecule has 5 heterocycles. The van der Waals surface area contributed by atoms with E-state index in [1.165, 1.54) is 6.33 Å². The van der Waals surface area contributed by atoms with E-state index < -0.39 is 10.0 Å². The average molecular weight is 456 g/mol. The highest BCUT2D eigenvalue weighted by atomic mass is 32.2. The third kappa shape index (κ3) is 3.46. The van der Waals surface area contributed by atoms with Crippen molar-refractivity contribution >= 4 is 21.1 Å². The van der Waals surface area contributed by atoms with Gasteiger partial charge in [0, 0.05) is 44.0 Å². The van der Waals surface area contributed by atoms with Gasteiger partial charge in [0.25, 0.3) is 0 Å². The Hall–Kier alpha value is -2.88. The van der Waals surface area contributed by atoms with Crippen LogP contribution >= 0.6 is 0 Å². The van der Waals surface area contributed by atoms with Crippen molar-refractivity contribution < 1.29 is 8.42 Å². The molecule has 0 amide bonds. The number of H-pyrrole nitrogens is 1. The smallest absolute Gasteiger partial charge is 0.213 e. The summed E-state index contributed by atoms with van der Waals surface area (Å²) in [6.45, 7) is 4.24. The van der Waals surface area contributed by atoms with Gasteiger partial charge in [-0.25, -0.2) is 22.7 Å². The minimum absolute atomic E-state index is 0.145. The van der Waals surface area contributed by atoms with E-state index in [1.807, 2.05) is 10.9 Å². The summed E-state index contributed by atoms with van der Waals surface area (Å²) < 4.78 is 27.7. The molecule has 11 nitrogen and oxygen atoms in total. The van der Waals surface area contributed by atoms with Gasteiger partial charge in [-0.3, -0.25) is 14.7 Å². The summed E-state index contributed by atoms with van der Waals surface area (Å²) >= 11 is 0. The van der Waals surface area contributed by atoms with Crippen molar-refractivity contribution in [1.29, 1.82) is 5.26 Å². The maximum atomic E-state index is 12.1. The Labute approximate surface area is 186 Å². The number of piperidine rings is 1. The number of aromatic nitrogens is 6. The van der Waals surface area contributed by atoms with Gasteiger partial charge in [-0.05, 0) is 19.8 Å². The van der Waals surface area contributed by atoms with E-state index >= 15 is 0 Å². The van der Waals surface area contributed by atoms with E-state index in [9.17, 15) is 13.7 Å². The Morgan fingerprint density at radius 2 is 2.03 bits per heavy atom. The van der Waals surface area contributed by atoms with E-state index in [-0.39, 0.29) is 11.3 Å². The quantitative estimate of drug-likeness (QED) is 0.580. The zero-order valence-electron chi connectivity index (χ0n) is 17.8. The first kappa shape index (κ1) is 21.0. The molecule has 0 spiro atoms. The number of rotatable bonds is 6. The zero-order valence-corrected chi connectivity index (χ0v) is 18.7. The Morgan fingerprint density at radius 1 is 1.25 bits per heavy atom. The molecule has 2 aliphatic rings. The molecule has 12 heteroatoms. The van der Waals surface area contributed by atoms with Crippen molar-refractivity contribution in [1.82, 2.24) is 39.2 Å². The normalized spacial score (nSPS) is 20.2. The van der Waals surface area contributed by atoms with E-state index in [1.54, 1.807) is 23.6 Å². The second-order valence-electron chi connectivity index (χ2n) is 8.52. The predicted octanol–water partition coefficient (Wildman–Crippen LogP) is 0.955. The van der Waals surface area contributed by atoms with Crippen LogP contribution in [0, 0.1) is 11.3 Å². The van der Waals surface area contributed by atoms with Crippen molar-refractivity contribution in [2.24, 2.45) is 0 Å². The van der Waals surface area contributed by atoms with Gasteiger partial charge in [0.15, 0.2) is 5.65 Å². The van der Waals surface area contributed by atoms with Gasteiger partial charge < -0.3 is 0 Å². The molecule has 5 rings (SSSR count). The van der Waals surface area contributed by atoms with E-state index in [2.05, 4.69) is 36.2 Å². The Morgan fingerprint density at radius 3 is 2.75 bits per heavy atom. The Balaban J connectivity index is 1.31. The lowest BCUT2D eigenvalue weighted by atomic mass is 9.84. The Bertz CT molecular complexity index is 1260. The van der Waals surface area contributed by atoms with Crippen LogP contribution in [-0.4, -0.2) is 85.5 Å². The third-order valence-electron chi connectivity index (χ3n) is 6.69. The average Bonchev–Trinajstić information content (AvgIpc) is 3.46. The molecule has 2 fully saturated rings. The molecule has 2 aliphatic heterocycles. The van der Waals surface area contributed by atoms with Crippen LogP contribution in [-0.2, 0) is 15.6 Å². The number of nitrogens with zero attached hydrogens (tertiary/aromatic N) is 8. The highest BCUT2D eigenvalue weighted by Gasteiger charge is 2.48. The molecule has 0 aromatic carbocycles. The van der Waals surface area contributed by atoms with Crippen LogP contribution in [0.4, 0.5) is 0 Å². The molecule has 0 bridgehead atoms. The minimum Gasteiger partial charge on any atom is -0.295 e. The maximum Gasteiger partial charge on any atom is 0.213 e. The number of hydrogen-bond donors (Lipinski definition) is 1. The highest BCUT2D eigenvalue weighted by molar-refractivity contribution is 7.89. The number of nitriles is 1. The van der Waals surface area contributed by atoms with Gasteiger partial charge in [-0.2, -0.15) is 15.5 Å². The molecular weight excluding hydrogens is 430 g/mol. The van der Waals surface area contributed by atoms with Gasteiger partial charge in [0.2, 0.25) is 10.0 Å². The lowest BCUT2D eigenvalue weighted by molar-refractivity contribution is -0.0382. The van der Waals surface area contributed by atoms with Crippen molar-refractivity contribution in [3.63, 3.8) is 0 Å². The number of aromatic amines is 1. The molecule has 168 valence electrons. The first-order valence-corrected chi connectivity index (χ1v) is 12.3. The van der Waals surface area contributed by atoms with Crippen LogP contribution < -0.4 is 0 Å². The maximum absolute atomic E-state index is 12.1. The minimum atomic E-state index is -3.13. The lowest BCUT2D eigenvalue weighted by Crippen LogP contribution is -2.66. The van der Waals surface area contributed by atoms with E-state index in [0.717, 1.165) is 42.6 Å². The molecule has 3 aromatic heterocycles. The number of nitrogens with one attached hydrogen (secondary N) is 1. The SMILES string of the molecule is CCS(=O)(=O)N1CCC(N2CC(CC#N)(n3cc(-c4ncnc5[nH]ncc45)cn3)C2)CC1. The summed E-state index contributed by atoms with van der Waals surface area (Å²) in [4.78, 5) is 10.9. The molecule has 0 aliphatic carbocycles. The first-order valence-electron chi connectivity index (χ1n) is 10.7. The number of fused-ring (bicyclic) bond motifs is 1. The number of hydrogen-bond acceptors (Lipinski definition) is 8. The zero-order chi connectivity index (χ0) is 22.3. The highest BCUT2D eigenvalue weighted by Crippen LogP contribution is 2.37. The van der Waals surface area contributed by atoms with Gasteiger partial charge in [0.05, 0.1) is 41.7 Å². The molecule has 3 aromatic rings. The van der Waals surface area contributed by atoms with Crippen LogP contribution in [0.3, 0.4) is 0 Å². The van der Waals surface area contributed by atoms with Gasteiger partial charge >= 0.3 is 0 Å². The molecule has 0 unspecified atom stereocenters.